The fourth-order valence-electron chi connectivity index (χ4n) is 2.81. The smallest absolute Gasteiger partial charge is 0.238 e. The molecule has 0 saturated heterocycles. The molecular formula is C19H19ClN2O3. The minimum absolute atomic E-state index is 0.0772. The maximum atomic E-state index is 12.1. The summed E-state index contributed by atoms with van der Waals surface area (Å²) in [5, 5.41) is 2.25. The number of amides is 1. The number of carbonyl (C=O) groups is 1. The average Bonchev–Trinajstić information content (AvgIpc) is 3.07. The number of benzene rings is 2. The first kappa shape index (κ1) is 17.2. The Balaban J connectivity index is 1.98. The molecule has 2 aromatic carbocycles. The molecule has 3 rings (SSSR count). The van der Waals surface area contributed by atoms with Gasteiger partial charge >= 0.3 is 0 Å². The van der Waals surface area contributed by atoms with E-state index >= 15 is 0 Å². The molecule has 0 aromatic heterocycles. The van der Waals surface area contributed by atoms with Crippen molar-refractivity contribution in [2.24, 2.45) is 0 Å². The fraction of sp³-hybridized carbons (Fsp3) is 0.211. The van der Waals surface area contributed by atoms with Crippen molar-refractivity contribution in [3.63, 3.8) is 0 Å². The number of hydrogen-bond acceptors (Lipinski definition) is 4. The van der Waals surface area contributed by atoms with Gasteiger partial charge in [0.2, 0.25) is 5.91 Å². The molecular weight excluding hydrogens is 340 g/mol. The highest BCUT2D eigenvalue weighted by molar-refractivity contribution is 6.30. The predicted molar refractivity (Wildman–Crippen MR) is 97.4 cm³/mol. The SMILES string of the molecule is COc1ccc(C2=C[C@@H](c3ccc(Cl)cc3)N(C(C)=O)N2)cc1OC. The topological polar surface area (TPSA) is 50.8 Å². The van der Waals surface area contributed by atoms with Crippen molar-refractivity contribution in [2.75, 3.05) is 14.2 Å². The van der Waals surface area contributed by atoms with Crippen molar-refractivity contribution >= 4 is 23.2 Å². The van der Waals surface area contributed by atoms with Crippen LogP contribution >= 0.6 is 11.6 Å². The van der Waals surface area contributed by atoms with Crippen LogP contribution in [0.5, 0.6) is 11.5 Å². The number of hydrazine groups is 1. The molecule has 1 aliphatic heterocycles. The zero-order chi connectivity index (χ0) is 18.0. The second-order valence-corrected chi connectivity index (χ2v) is 6.08. The van der Waals surface area contributed by atoms with Crippen molar-refractivity contribution < 1.29 is 14.3 Å². The van der Waals surface area contributed by atoms with E-state index in [-0.39, 0.29) is 11.9 Å². The van der Waals surface area contributed by atoms with Crippen LogP contribution in [0.25, 0.3) is 5.70 Å². The zero-order valence-electron chi connectivity index (χ0n) is 14.2. The number of rotatable bonds is 4. The molecule has 0 unspecified atom stereocenters. The molecule has 1 heterocycles. The van der Waals surface area contributed by atoms with Gasteiger partial charge in [0.1, 0.15) is 0 Å². The summed E-state index contributed by atoms with van der Waals surface area (Å²) in [6.45, 7) is 1.53. The van der Waals surface area contributed by atoms with Gasteiger partial charge in [0.05, 0.1) is 26.0 Å². The molecule has 5 nitrogen and oxygen atoms in total. The van der Waals surface area contributed by atoms with Gasteiger partial charge in [-0.05, 0) is 42.0 Å². The summed E-state index contributed by atoms with van der Waals surface area (Å²) >= 11 is 5.97. The molecule has 0 saturated carbocycles. The Morgan fingerprint density at radius 3 is 2.36 bits per heavy atom. The number of methoxy groups -OCH3 is 2. The third-order valence-corrected chi connectivity index (χ3v) is 4.34. The van der Waals surface area contributed by atoms with E-state index < -0.39 is 0 Å². The summed E-state index contributed by atoms with van der Waals surface area (Å²) in [5.74, 6) is 1.21. The summed E-state index contributed by atoms with van der Waals surface area (Å²) in [6.07, 6.45) is 2.01. The van der Waals surface area contributed by atoms with Gasteiger partial charge in [-0.3, -0.25) is 10.2 Å². The van der Waals surface area contributed by atoms with Crippen LogP contribution in [0.4, 0.5) is 0 Å². The third-order valence-electron chi connectivity index (χ3n) is 4.09. The highest BCUT2D eigenvalue weighted by Gasteiger charge is 2.29. The number of nitrogens with one attached hydrogen (secondary N) is 1. The lowest BCUT2D eigenvalue weighted by atomic mass is 10.0. The van der Waals surface area contributed by atoms with Crippen LogP contribution in [0.2, 0.25) is 5.02 Å². The highest BCUT2D eigenvalue weighted by Crippen LogP contribution is 2.35. The van der Waals surface area contributed by atoms with Crippen LogP contribution in [0, 0.1) is 0 Å². The van der Waals surface area contributed by atoms with Crippen LogP contribution in [-0.4, -0.2) is 25.1 Å². The molecule has 0 bridgehead atoms. The number of hydrogen-bond donors (Lipinski definition) is 1. The molecule has 6 heteroatoms. The van der Waals surface area contributed by atoms with E-state index in [1.54, 1.807) is 19.2 Å². The van der Waals surface area contributed by atoms with Crippen LogP contribution in [-0.2, 0) is 4.79 Å². The molecule has 25 heavy (non-hydrogen) atoms. The van der Waals surface area contributed by atoms with E-state index in [4.69, 9.17) is 21.1 Å². The van der Waals surface area contributed by atoms with Gasteiger partial charge in [-0.25, -0.2) is 5.01 Å². The first-order chi connectivity index (χ1) is 12.0. The normalized spacial score (nSPS) is 16.2. The van der Waals surface area contributed by atoms with Crippen molar-refractivity contribution in [3.05, 3.63) is 64.7 Å². The van der Waals surface area contributed by atoms with E-state index in [0.717, 1.165) is 16.8 Å². The number of carbonyl (C=O) groups excluding carboxylic acids is 1. The van der Waals surface area contributed by atoms with Gasteiger partial charge in [-0.2, -0.15) is 0 Å². The molecule has 1 aliphatic rings. The van der Waals surface area contributed by atoms with E-state index in [0.29, 0.717) is 16.5 Å². The van der Waals surface area contributed by atoms with E-state index in [1.807, 2.05) is 48.5 Å². The maximum Gasteiger partial charge on any atom is 0.238 e. The van der Waals surface area contributed by atoms with E-state index in [9.17, 15) is 4.79 Å². The molecule has 1 atom stereocenters. The van der Waals surface area contributed by atoms with Crippen LogP contribution in [0.15, 0.2) is 48.5 Å². The van der Waals surface area contributed by atoms with Crippen molar-refractivity contribution in [1.29, 1.82) is 0 Å². The molecule has 0 fully saturated rings. The zero-order valence-corrected chi connectivity index (χ0v) is 15.0. The number of ether oxygens (including phenoxy) is 2. The molecule has 1 N–H and O–H groups in total. The minimum Gasteiger partial charge on any atom is -0.493 e. The van der Waals surface area contributed by atoms with Gasteiger partial charge in [0, 0.05) is 17.5 Å². The quantitative estimate of drug-likeness (QED) is 0.903. The fourth-order valence-corrected chi connectivity index (χ4v) is 2.94. The lowest BCUT2D eigenvalue weighted by Crippen LogP contribution is -2.37. The standard InChI is InChI=1S/C19H19ClN2O3/c1-12(23)22-17(13-4-7-15(20)8-5-13)11-16(21-22)14-6-9-18(24-2)19(10-14)25-3/h4-11,17,21H,1-3H3/t17-/m0/s1. The Morgan fingerprint density at radius 2 is 1.76 bits per heavy atom. The van der Waals surface area contributed by atoms with Crippen LogP contribution < -0.4 is 14.9 Å². The Kier molecular flexibility index (Phi) is 4.86. The Bertz CT molecular complexity index is 818. The molecule has 2 aromatic rings. The van der Waals surface area contributed by atoms with E-state index in [2.05, 4.69) is 5.43 Å². The summed E-state index contributed by atoms with van der Waals surface area (Å²) in [6, 6.07) is 12.9. The first-order valence-corrected chi connectivity index (χ1v) is 8.17. The third kappa shape index (κ3) is 3.42. The van der Waals surface area contributed by atoms with Gasteiger partial charge in [0.15, 0.2) is 11.5 Å². The summed E-state index contributed by atoms with van der Waals surface area (Å²) in [4.78, 5) is 12.1. The highest BCUT2D eigenvalue weighted by atomic mass is 35.5. The summed E-state index contributed by atoms with van der Waals surface area (Å²) in [7, 11) is 3.19. The lowest BCUT2D eigenvalue weighted by Gasteiger charge is -2.24. The maximum absolute atomic E-state index is 12.1. The number of nitrogens with zero attached hydrogens (tertiary/aromatic N) is 1. The second-order valence-electron chi connectivity index (χ2n) is 5.65. The lowest BCUT2D eigenvalue weighted by molar-refractivity contribution is -0.132. The first-order valence-electron chi connectivity index (χ1n) is 7.79. The van der Waals surface area contributed by atoms with Gasteiger partial charge in [-0.15, -0.1) is 0 Å². The molecule has 1 amide bonds. The van der Waals surface area contributed by atoms with Gasteiger partial charge in [-0.1, -0.05) is 23.7 Å². The largest absolute Gasteiger partial charge is 0.493 e. The average molecular weight is 359 g/mol. The predicted octanol–water partition coefficient (Wildman–Crippen LogP) is 3.81. The summed E-state index contributed by atoms with van der Waals surface area (Å²) in [5.41, 5.74) is 5.88. The molecule has 130 valence electrons. The monoisotopic (exact) mass is 358 g/mol. The van der Waals surface area contributed by atoms with Crippen LogP contribution in [0.3, 0.4) is 0 Å². The van der Waals surface area contributed by atoms with Crippen molar-refractivity contribution in [1.82, 2.24) is 10.4 Å². The van der Waals surface area contributed by atoms with E-state index in [1.165, 1.54) is 6.92 Å². The number of halogens is 1. The molecule has 0 aliphatic carbocycles. The second kappa shape index (κ2) is 7.07. The van der Waals surface area contributed by atoms with Crippen LogP contribution in [0.1, 0.15) is 24.1 Å². The Labute approximate surface area is 151 Å². The summed E-state index contributed by atoms with van der Waals surface area (Å²) < 4.78 is 10.6. The van der Waals surface area contributed by atoms with Crippen molar-refractivity contribution in [3.8, 4) is 11.5 Å². The van der Waals surface area contributed by atoms with Gasteiger partial charge < -0.3 is 9.47 Å². The molecule has 0 spiro atoms. The Hall–Kier alpha value is -2.66. The molecule has 0 radical (unpaired) electrons. The van der Waals surface area contributed by atoms with Gasteiger partial charge in [0.25, 0.3) is 0 Å². The minimum atomic E-state index is -0.210. The Morgan fingerprint density at radius 1 is 1.08 bits per heavy atom. The van der Waals surface area contributed by atoms with Crippen molar-refractivity contribution in [2.45, 2.75) is 13.0 Å².